The van der Waals surface area contributed by atoms with Gasteiger partial charge >= 0.3 is 0 Å². The molecule has 2 fully saturated rings. The number of rotatable bonds is 7. The summed E-state index contributed by atoms with van der Waals surface area (Å²) in [7, 11) is -3.76. The van der Waals surface area contributed by atoms with Gasteiger partial charge in [0.05, 0.1) is 17.3 Å². The Kier molecular flexibility index (Phi) is 8.11. The van der Waals surface area contributed by atoms with E-state index in [1.807, 2.05) is 12.1 Å². The molecule has 0 spiro atoms. The molecule has 2 saturated heterocycles. The minimum absolute atomic E-state index is 0.00247. The SMILES string of the molecule is O=C(NCC(c1ccco1)N1CCCCC1)c1ccc(Cl)c(S(=O)(=O)N2CCCCCC2)c1. The Hall–Kier alpha value is -1.87. The molecule has 1 unspecified atom stereocenters. The summed E-state index contributed by atoms with van der Waals surface area (Å²) in [5.74, 6) is 0.491. The fourth-order valence-electron chi connectivity index (χ4n) is 4.68. The largest absolute Gasteiger partial charge is 0.468 e. The molecule has 1 N–H and O–H groups in total. The maximum absolute atomic E-state index is 13.3. The third kappa shape index (κ3) is 5.80. The maximum atomic E-state index is 13.3. The van der Waals surface area contributed by atoms with Crippen LogP contribution in [0.2, 0.25) is 5.02 Å². The Labute approximate surface area is 201 Å². The molecule has 2 aromatic rings. The average molecular weight is 494 g/mol. The van der Waals surface area contributed by atoms with Gasteiger partial charge < -0.3 is 9.73 Å². The van der Waals surface area contributed by atoms with Gasteiger partial charge in [-0.3, -0.25) is 9.69 Å². The molecule has 0 aliphatic carbocycles. The summed E-state index contributed by atoms with van der Waals surface area (Å²) in [5, 5.41) is 3.12. The maximum Gasteiger partial charge on any atom is 0.251 e. The first-order valence-corrected chi connectivity index (χ1v) is 13.6. The van der Waals surface area contributed by atoms with Crippen LogP contribution >= 0.6 is 11.6 Å². The van der Waals surface area contributed by atoms with Gasteiger partial charge in [-0.1, -0.05) is 30.9 Å². The van der Waals surface area contributed by atoms with E-state index in [-0.39, 0.29) is 27.4 Å². The number of sulfonamides is 1. The standard InChI is InChI=1S/C24H32ClN3O4S/c25-20-11-10-19(17-23(20)33(30,31)28-14-6-1-2-7-15-28)24(29)26-18-21(22-9-8-16-32-22)27-12-4-3-5-13-27/h8-11,16-17,21H,1-7,12-15,18H2,(H,26,29). The Morgan fingerprint density at radius 3 is 2.33 bits per heavy atom. The van der Waals surface area contributed by atoms with Crippen molar-refractivity contribution in [1.82, 2.24) is 14.5 Å². The lowest BCUT2D eigenvalue weighted by molar-refractivity contribution is 0.0914. The second-order valence-electron chi connectivity index (χ2n) is 8.80. The van der Waals surface area contributed by atoms with Gasteiger partial charge in [0, 0.05) is 25.2 Å². The number of furan rings is 1. The predicted molar refractivity (Wildman–Crippen MR) is 128 cm³/mol. The van der Waals surface area contributed by atoms with Gasteiger partial charge in [-0.05, 0) is 69.1 Å². The van der Waals surface area contributed by atoms with Crippen molar-refractivity contribution in [2.45, 2.75) is 55.9 Å². The molecule has 7 nitrogen and oxygen atoms in total. The Balaban J connectivity index is 1.50. The summed E-state index contributed by atoms with van der Waals surface area (Å²) in [6.45, 7) is 3.26. The summed E-state index contributed by atoms with van der Waals surface area (Å²) >= 11 is 6.29. The van der Waals surface area contributed by atoms with Crippen LogP contribution in [0.4, 0.5) is 0 Å². The fraction of sp³-hybridized carbons (Fsp3) is 0.542. The second kappa shape index (κ2) is 11.0. The monoisotopic (exact) mass is 493 g/mol. The van der Waals surface area contributed by atoms with E-state index in [2.05, 4.69) is 10.2 Å². The van der Waals surface area contributed by atoms with Crippen LogP contribution in [0, 0.1) is 0 Å². The van der Waals surface area contributed by atoms with Crippen molar-refractivity contribution in [2.75, 3.05) is 32.7 Å². The molecule has 1 atom stereocenters. The van der Waals surface area contributed by atoms with Crippen molar-refractivity contribution in [3.05, 3.63) is 52.9 Å². The third-order valence-electron chi connectivity index (χ3n) is 6.54. The van der Waals surface area contributed by atoms with E-state index < -0.39 is 10.0 Å². The quantitative estimate of drug-likeness (QED) is 0.616. The molecule has 33 heavy (non-hydrogen) atoms. The summed E-state index contributed by atoms with van der Waals surface area (Å²) < 4.78 is 33.6. The van der Waals surface area contributed by atoms with Crippen molar-refractivity contribution in [3.8, 4) is 0 Å². The van der Waals surface area contributed by atoms with Crippen molar-refractivity contribution in [2.24, 2.45) is 0 Å². The number of benzene rings is 1. The molecule has 1 amide bonds. The summed E-state index contributed by atoms with van der Waals surface area (Å²) in [5.41, 5.74) is 0.282. The minimum Gasteiger partial charge on any atom is -0.468 e. The lowest BCUT2D eigenvalue weighted by Crippen LogP contribution is -2.40. The van der Waals surface area contributed by atoms with Crippen LogP contribution in [0.15, 0.2) is 45.9 Å². The van der Waals surface area contributed by atoms with E-state index in [1.165, 1.54) is 22.9 Å². The molecule has 2 aliphatic rings. The minimum atomic E-state index is -3.76. The number of amides is 1. The molecule has 0 saturated carbocycles. The Bertz CT molecular complexity index is 1030. The molecule has 1 aromatic carbocycles. The van der Waals surface area contributed by atoms with Crippen molar-refractivity contribution in [1.29, 1.82) is 0 Å². The van der Waals surface area contributed by atoms with Gasteiger partial charge in [0.25, 0.3) is 5.91 Å². The van der Waals surface area contributed by atoms with Crippen LogP contribution in [-0.4, -0.2) is 56.3 Å². The highest BCUT2D eigenvalue weighted by atomic mass is 35.5. The zero-order valence-electron chi connectivity index (χ0n) is 18.8. The first kappa shape index (κ1) is 24.3. The number of nitrogens with one attached hydrogen (secondary N) is 1. The molecule has 3 heterocycles. The number of piperidine rings is 1. The van der Waals surface area contributed by atoms with Gasteiger partial charge in [0.1, 0.15) is 10.7 Å². The smallest absolute Gasteiger partial charge is 0.251 e. The van der Waals surface area contributed by atoms with Gasteiger partial charge in [-0.25, -0.2) is 8.42 Å². The number of hydrogen-bond acceptors (Lipinski definition) is 5. The molecule has 0 bridgehead atoms. The van der Waals surface area contributed by atoms with Gasteiger partial charge in [-0.2, -0.15) is 4.31 Å². The first-order chi connectivity index (χ1) is 16.0. The van der Waals surface area contributed by atoms with Crippen LogP contribution in [0.3, 0.4) is 0 Å². The first-order valence-electron chi connectivity index (χ1n) is 11.8. The van der Waals surface area contributed by atoms with E-state index in [0.29, 0.717) is 19.6 Å². The third-order valence-corrected chi connectivity index (χ3v) is 8.92. The predicted octanol–water partition coefficient (Wildman–Crippen LogP) is 4.45. The van der Waals surface area contributed by atoms with Gasteiger partial charge in [0.15, 0.2) is 0 Å². The fourth-order valence-corrected chi connectivity index (χ4v) is 6.69. The highest BCUT2D eigenvalue weighted by Gasteiger charge is 2.29. The summed E-state index contributed by atoms with van der Waals surface area (Å²) in [6.07, 6.45) is 8.83. The second-order valence-corrected chi connectivity index (χ2v) is 11.1. The molecule has 4 rings (SSSR count). The van der Waals surface area contributed by atoms with E-state index in [9.17, 15) is 13.2 Å². The van der Waals surface area contributed by atoms with Crippen LogP contribution < -0.4 is 5.32 Å². The zero-order valence-corrected chi connectivity index (χ0v) is 20.4. The lowest BCUT2D eigenvalue weighted by Gasteiger charge is -2.33. The average Bonchev–Trinajstić information content (AvgIpc) is 3.20. The Morgan fingerprint density at radius 1 is 1.00 bits per heavy atom. The number of likely N-dealkylation sites (tertiary alicyclic amines) is 1. The highest BCUT2D eigenvalue weighted by Crippen LogP contribution is 2.28. The molecular weight excluding hydrogens is 462 g/mol. The molecule has 9 heteroatoms. The molecule has 0 radical (unpaired) electrons. The highest BCUT2D eigenvalue weighted by molar-refractivity contribution is 7.89. The van der Waals surface area contributed by atoms with E-state index in [0.717, 1.165) is 57.4 Å². The van der Waals surface area contributed by atoms with Crippen molar-refractivity contribution < 1.29 is 17.6 Å². The summed E-state index contributed by atoms with van der Waals surface area (Å²) in [4.78, 5) is 15.3. The van der Waals surface area contributed by atoms with Crippen LogP contribution in [-0.2, 0) is 10.0 Å². The van der Waals surface area contributed by atoms with Crippen molar-refractivity contribution in [3.63, 3.8) is 0 Å². The molecule has 1 aromatic heterocycles. The van der Waals surface area contributed by atoms with Gasteiger partial charge in [0.2, 0.25) is 10.0 Å². The lowest BCUT2D eigenvalue weighted by atomic mass is 10.1. The number of nitrogens with zero attached hydrogens (tertiary/aromatic N) is 2. The Morgan fingerprint density at radius 2 is 1.67 bits per heavy atom. The number of carbonyl (C=O) groups excluding carboxylic acids is 1. The zero-order chi connectivity index (χ0) is 23.3. The van der Waals surface area contributed by atoms with E-state index in [4.69, 9.17) is 16.0 Å². The molecular formula is C24H32ClN3O4S. The number of carbonyl (C=O) groups is 1. The molecule has 2 aliphatic heterocycles. The van der Waals surface area contributed by atoms with Crippen LogP contribution in [0.5, 0.6) is 0 Å². The molecule has 180 valence electrons. The topological polar surface area (TPSA) is 82.9 Å². The van der Waals surface area contributed by atoms with Crippen molar-refractivity contribution >= 4 is 27.5 Å². The number of halogens is 1. The van der Waals surface area contributed by atoms with Crippen LogP contribution in [0.1, 0.15) is 67.1 Å². The van der Waals surface area contributed by atoms with Gasteiger partial charge in [-0.15, -0.1) is 0 Å². The summed E-state index contributed by atoms with van der Waals surface area (Å²) in [6, 6.07) is 8.20. The number of hydrogen-bond donors (Lipinski definition) is 1. The normalized spacial score (nSPS) is 19.7. The van der Waals surface area contributed by atoms with E-state index >= 15 is 0 Å². The van der Waals surface area contributed by atoms with Crippen LogP contribution in [0.25, 0.3) is 0 Å². The van der Waals surface area contributed by atoms with E-state index in [1.54, 1.807) is 12.3 Å².